The molecule has 0 atom stereocenters. The SMILES string of the molecule is [Ag].[Au].[Ca].[Cu]. The van der Waals surface area contributed by atoms with Crippen LogP contribution in [-0.4, -0.2) is 37.7 Å². The van der Waals surface area contributed by atoms with Gasteiger partial charge in [-0.3, -0.25) is 0 Å². The van der Waals surface area contributed by atoms with E-state index >= 15 is 0 Å². The molecule has 35 valence electrons. The third kappa shape index (κ3) is 8.98. The van der Waals surface area contributed by atoms with Crippen LogP contribution < -0.4 is 0 Å². The maximum absolute atomic E-state index is 0. The Bertz CT molecular complexity index is 8.00. The fourth-order valence-corrected chi connectivity index (χ4v) is 0. The minimum absolute atomic E-state index is 0. The van der Waals surface area contributed by atoms with Gasteiger partial charge in [-0.1, -0.05) is 0 Å². The van der Waals surface area contributed by atoms with Crippen LogP contribution in [-0.2, 0) is 61.8 Å². The van der Waals surface area contributed by atoms with Crippen molar-refractivity contribution in [2.24, 2.45) is 0 Å². The van der Waals surface area contributed by atoms with Crippen molar-refractivity contribution in [3.63, 3.8) is 0 Å². The first-order valence-electron chi connectivity index (χ1n) is 0. The molecule has 0 N–H and O–H groups in total. The molecule has 0 aromatic carbocycles. The average molecular weight is 408 g/mol. The van der Waals surface area contributed by atoms with Crippen molar-refractivity contribution in [2.45, 2.75) is 0 Å². The van der Waals surface area contributed by atoms with Crippen molar-refractivity contribution in [1.29, 1.82) is 0 Å². The van der Waals surface area contributed by atoms with Gasteiger partial charge in [0.25, 0.3) is 0 Å². The molecular weight excluding hydrogens is 408 g/mol. The van der Waals surface area contributed by atoms with Gasteiger partial charge in [-0.2, -0.15) is 0 Å². The van der Waals surface area contributed by atoms with Gasteiger partial charge in [0.1, 0.15) is 0 Å². The first-order valence-corrected chi connectivity index (χ1v) is 0. The fourth-order valence-electron chi connectivity index (χ4n) is 0. The van der Waals surface area contributed by atoms with E-state index < -0.39 is 0 Å². The average Bonchev–Trinajstić information content (AvgIpc) is 0. The molecule has 0 amide bonds. The summed E-state index contributed by atoms with van der Waals surface area (Å²) in [6.45, 7) is 0. The maximum Gasteiger partial charge on any atom is 0 e. The quantitative estimate of drug-likeness (QED) is 0.479. The summed E-state index contributed by atoms with van der Waals surface area (Å²) in [6, 6.07) is 0. The Labute approximate surface area is 97.3 Å². The van der Waals surface area contributed by atoms with E-state index in [0.29, 0.717) is 0 Å². The molecule has 4 heavy (non-hydrogen) atoms. The van der Waals surface area contributed by atoms with E-state index in [2.05, 4.69) is 0 Å². The van der Waals surface area contributed by atoms with Crippen LogP contribution in [0.2, 0.25) is 0 Å². The Hall–Kier alpha value is 3.26. The van der Waals surface area contributed by atoms with Gasteiger partial charge < -0.3 is 0 Å². The van der Waals surface area contributed by atoms with E-state index in [1.807, 2.05) is 0 Å². The largest absolute Gasteiger partial charge is 0 e. The molecule has 0 aliphatic rings. The maximum atomic E-state index is 0. The molecule has 0 saturated heterocycles. The Morgan fingerprint density at radius 1 is 1.00 bits per heavy atom. The van der Waals surface area contributed by atoms with Crippen LogP contribution in [0.15, 0.2) is 0 Å². The Balaban J connectivity index is 0. The zero-order chi connectivity index (χ0) is 0. The monoisotopic (exact) mass is 407 g/mol. The summed E-state index contributed by atoms with van der Waals surface area (Å²) in [4.78, 5) is 0. The van der Waals surface area contributed by atoms with Gasteiger partial charge >= 0.3 is 0 Å². The second-order valence-electron chi connectivity index (χ2n) is 0. The van der Waals surface area contributed by atoms with Gasteiger partial charge in [-0.25, -0.2) is 0 Å². The van der Waals surface area contributed by atoms with Crippen LogP contribution in [0.3, 0.4) is 0 Å². The van der Waals surface area contributed by atoms with Gasteiger partial charge in [-0.05, 0) is 0 Å². The number of hydrogen-bond donors (Lipinski definition) is 0. The molecule has 0 bridgehead atoms. The number of rotatable bonds is 0. The first kappa shape index (κ1) is 26.8. The minimum Gasteiger partial charge on any atom is 0 e. The molecule has 0 unspecified atom stereocenters. The standard InChI is InChI=1S/Ag.Au.Ca.Cu. The van der Waals surface area contributed by atoms with Crippen molar-refractivity contribution in [1.82, 2.24) is 0 Å². The van der Waals surface area contributed by atoms with Gasteiger partial charge in [-0.15, -0.1) is 0 Å². The smallest absolute Gasteiger partial charge is 0 e. The van der Waals surface area contributed by atoms with Crippen LogP contribution in [0.1, 0.15) is 0 Å². The second kappa shape index (κ2) is 16.3. The zero-order valence-corrected chi connectivity index (χ0v) is 8.41. The van der Waals surface area contributed by atoms with Crippen molar-refractivity contribution < 1.29 is 61.8 Å². The summed E-state index contributed by atoms with van der Waals surface area (Å²) >= 11 is 0. The summed E-state index contributed by atoms with van der Waals surface area (Å²) < 4.78 is 0. The van der Waals surface area contributed by atoms with E-state index in [4.69, 9.17) is 0 Å². The van der Waals surface area contributed by atoms with Crippen LogP contribution in [0.5, 0.6) is 0 Å². The van der Waals surface area contributed by atoms with E-state index in [0.717, 1.165) is 0 Å². The second-order valence-corrected chi connectivity index (χ2v) is 0. The molecule has 0 heterocycles. The predicted octanol–water partition coefficient (Wildman–Crippen LogP) is -0.388. The molecule has 5 radical (unpaired) electrons. The molecule has 0 aliphatic carbocycles. The molecule has 0 saturated carbocycles. The van der Waals surface area contributed by atoms with Gasteiger partial charge in [0.05, 0.1) is 0 Å². The number of hydrogen-bond acceptors (Lipinski definition) is 0. The molecule has 0 spiro atoms. The molecule has 0 aromatic heterocycles. The van der Waals surface area contributed by atoms with E-state index in [1.54, 1.807) is 0 Å². The van der Waals surface area contributed by atoms with E-state index in [9.17, 15) is 0 Å². The van der Waals surface area contributed by atoms with Crippen LogP contribution in [0, 0.1) is 0 Å². The van der Waals surface area contributed by atoms with Gasteiger partial charge in [0.2, 0.25) is 0 Å². The summed E-state index contributed by atoms with van der Waals surface area (Å²) in [5.74, 6) is 0. The fraction of sp³-hybridized carbons (Fsp3) is 0. The molecule has 0 aliphatic heterocycles. The van der Waals surface area contributed by atoms with Crippen molar-refractivity contribution in [2.75, 3.05) is 0 Å². The van der Waals surface area contributed by atoms with Crippen molar-refractivity contribution in [3.05, 3.63) is 0 Å². The van der Waals surface area contributed by atoms with Crippen LogP contribution in [0.4, 0.5) is 0 Å². The topological polar surface area (TPSA) is 0 Å². The van der Waals surface area contributed by atoms with E-state index in [1.165, 1.54) is 0 Å². The van der Waals surface area contributed by atoms with Crippen LogP contribution >= 0.6 is 0 Å². The van der Waals surface area contributed by atoms with Gasteiger partial charge in [0.15, 0.2) is 0 Å². The summed E-state index contributed by atoms with van der Waals surface area (Å²) in [7, 11) is 0. The normalized spacial score (nSPS) is 0. The third-order valence-electron chi connectivity index (χ3n) is 0. The van der Waals surface area contributed by atoms with Gasteiger partial charge in [0, 0.05) is 99.6 Å². The van der Waals surface area contributed by atoms with Crippen molar-refractivity contribution >= 4 is 37.7 Å². The first-order chi connectivity index (χ1) is 0. The molecule has 0 aromatic rings. The summed E-state index contributed by atoms with van der Waals surface area (Å²) in [5.41, 5.74) is 0. The molecule has 4 heteroatoms. The summed E-state index contributed by atoms with van der Waals surface area (Å²) in [6.07, 6.45) is 0. The third-order valence-corrected chi connectivity index (χ3v) is 0. The predicted molar refractivity (Wildman–Crippen MR) is 5.75 cm³/mol. The Morgan fingerprint density at radius 2 is 1.00 bits per heavy atom. The van der Waals surface area contributed by atoms with E-state index in [-0.39, 0.29) is 99.6 Å². The Kier molecular flexibility index (Phi) is 109. The minimum atomic E-state index is 0. The van der Waals surface area contributed by atoms with Crippen molar-refractivity contribution in [3.8, 4) is 0 Å². The molecule has 0 rings (SSSR count). The van der Waals surface area contributed by atoms with Crippen LogP contribution in [0.25, 0.3) is 0 Å². The zero-order valence-electron chi connectivity index (χ0n) is 1.61. The molecule has 0 fully saturated rings. The molecule has 0 nitrogen and oxygen atoms in total. The Morgan fingerprint density at radius 3 is 1.00 bits per heavy atom. The molecular formula is AgAuCaCu. The summed E-state index contributed by atoms with van der Waals surface area (Å²) in [5, 5.41) is 0.